The van der Waals surface area contributed by atoms with E-state index in [2.05, 4.69) is 21.2 Å². The molecule has 1 aromatic carbocycles. The number of esters is 2. The number of hydrogen-bond donors (Lipinski definition) is 1. The SMILES string of the molecule is CCOC(=O)C(CC)(NC(C)=O)C(=O)OCc1ccccc1Br. The topological polar surface area (TPSA) is 81.7 Å². The van der Waals surface area contributed by atoms with Crippen LogP contribution in [0, 0.1) is 0 Å². The molecule has 0 aliphatic heterocycles. The van der Waals surface area contributed by atoms with E-state index in [1.54, 1.807) is 26.0 Å². The van der Waals surface area contributed by atoms with Gasteiger partial charge in [-0.25, -0.2) is 9.59 Å². The molecular formula is C16H20BrNO5. The van der Waals surface area contributed by atoms with Crippen molar-refractivity contribution in [3.63, 3.8) is 0 Å². The molecule has 126 valence electrons. The summed E-state index contributed by atoms with van der Waals surface area (Å²) >= 11 is 3.36. The molecule has 6 nitrogen and oxygen atoms in total. The Hall–Kier alpha value is -1.89. The molecule has 1 atom stereocenters. The van der Waals surface area contributed by atoms with E-state index in [0.717, 1.165) is 10.0 Å². The lowest BCUT2D eigenvalue weighted by Gasteiger charge is -2.28. The predicted octanol–water partition coefficient (Wildman–Crippen LogP) is 2.34. The average molecular weight is 386 g/mol. The molecule has 0 fully saturated rings. The van der Waals surface area contributed by atoms with Crippen LogP contribution < -0.4 is 5.32 Å². The highest BCUT2D eigenvalue weighted by Crippen LogP contribution is 2.20. The highest BCUT2D eigenvalue weighted by molar-refractivity contribution is 9.10. The first-order chi connectivity index (χ1) is 10.9. The molecule has 7 heteroatoms. The molecule has 0 heterocycles. The molecule has 23 heavy (non-hydrogen) atoms. The van der Waals surface area contributed by atoms with Crippen molar-refractivity contribution < 1.29 is 23.9 Å². The summed E-state index contributed by atoms with van der Waals surface area (Å²) < 4.78 is 11.0. The second kappa shape index (κ2) is 8.67. The minimum absolute atomic E-state index is 0.0268. The second-order valence-electron chi connectivity index (χ2n) is 4.83. The molecule has 0 aromatic heterocycles. The maximum absolute atomic E-state index is 12.5. The lowest BCUT2D eigenvalue weighted by Crippen LogP contribution is -2.60. The van der Waals surface area contributed by atoms with Gasteiger partial charge < -0.3 is 14.8 Å². The van der Waals surface area contributed by atoms with Gasteiger partial charge in [0.05, 0.1) is 6.61 Å². The Morgan fingerprint density at radius 3 is 2.26 bits per heavy atom. The van der Waals surface area contributed by atoms with Crippen LogP contribution in [0.1, 0.15) is 32.8 Å². The number of hydrogen-bond acceptors (Lipinski definition) is 5. The Balaban J connectivity index is 2.97. The number of ether oxygens (including phenoxy) is 2. The molecule has 0 aliphatic rings. The first-order valence-electron chi connectivity index (χ1n) is 7.24. The largest absolute Gasteiger partial charge is 0.464 e. The third-order valence-corrected chi connectivity index (χ3v) is 3.98. The van der Waals surface area contributed by atoms with Crippen LogP contribution in [0.5, 0.6) is 0 Å². The van der Waals surface area contributed by atoms with E-state index in [1.807, 2.05) is 12.1 Å². The fraction of sp³-hybridized carbons (Fsp3) is 0.438. The summed E-state index contributed by atoms with van der Waals surface area (Å²) in [5, 5.41) is 2.38. The van der Waals surface area contributed by atoms with Gasteiger partial charge in [0.2, 0.25) is 11.4 Å². The van der Waals surface area contributed by atoms with Gasteiger partial charge in [0.1, 0.15) is 6.61 Å². The van der Waals surface area contributed by atoms with E-state index >= 15 is 0 Å². The number of carbonyl (C=O) groups excluding carboxylic acids is 3. The van der Waals surface area contributed by atoms with E-state index in [9.17, 15) is 14.4 Å². The lowest BCUT2D eigenvalue weighted by atomic mass is 9.96. The number of rotatable bonds is 7. The molecule has 0 aliphatic carbocycles. The Morgan fingerprint density at radius 2 is 1.74 bits per heavy atom. The minimum Gasteiger partial charge on any atom is -0.464 e. The zero-order valence-corrected chi connectivity index (χ0v) is 14.9. The molecule has 0 radical (unpaired) electrons. The maximum atomic E-state index is 12.5. The smallest absolute Gasteiger partial charge is 0.344 e. The van der Waals surface area contributed by atoms with Crippen molar-refractivity contribution in [1.29, 1.82) is 0 Å². The van der Waals surface area contributed by atoms with Crippen LogP contribution in [-0.4, -0.2) is 30.0 Å². The summed E-state index contributed by atoms with van der Waals surface area (Å²) in [5.74, 6) is -2.18. The fourth-order valence-electron chi connectivity index (χ4n) is 2.00. The van der Waals surface area contributed by atoms with Crippen LogP contribution in [0.25, 0.3) is 0 Å². The number of carbonyl (C=O) groups is 3. The summed E-state index contributed by atoms with van der Waals surface area (Å²) in [5.41, 5.74) is -1.08. The number of amides is 1. The first kappa shape index (κ1) is 19.2. The van der Waals surface area contributed by atoms with Crippen LogP contribution in [0.3, 0.4) is 0 Å². The fourth-order valence-corrected chi connectivity index (χ4v) is 2.40. The molecule has 1 rings (SSSR count). The monoisotopic (exact) mass is 385 g/mol. The third-order valence-electron chi connectivity index (χ3n) is 3.21. The molecule has 1 unspecified atom stereocenters. The second-order valence-corrected chi connectivity index (χ2v) is 5.68. The minimum atomic E-state index is -1.83. The summed E-state index contributed by atoms with van der Waals surface area (Å²) in [4.78, 5) is 36.1. The van der Waals surface area contributed by atoms with Gasteiger partial charge in [-0.15, -0.1) is 0 Å². The van der Waals surface area contributed by atoms with Gasteiger partial charge in [-0.05, 0) is 19.4 Å². The predicted molar refractivity (Wildman–Crippen MR) is 87.4 cm³/mol. The van der Waals surface area contributed by atoms with Crippen molar-refractivity contribution in [1.82, 2.24) is 5.32 Å². The zero-order chi connectivity index (χ0) is 17.5. The van der Waals surface area contributed by atoms with E-state index < -0.39 is 23.4 Å². The molecule has 0 bridgehead atoms. The zero-order valence-electron chi connectivity index (χ0n) is 13.3. The summed E-state index contributed by atoms with van der Waals surface area (Å²) in [7, 11) is 0. The van der Waals surface area contributed by atoms with Gasteiger partial charge in [-0.1, -0.05) is 41.1 Å². The number of halogens is 1. The first-order valence-corrected chi connectivity index (χ1v) is 8.03. The van der Waals surface area contributed by atoms with Crippen molar-refractivity contribution in [3.8, 4) is 0 Å². The Labute approximate surface area is 143 Å². The van der Waals surface area contributed by atoms with Crippen molar-refractivity contribution in [2.75, 3.05) is 6.61 Å². The average Bonchev–Trinajstić information content (AvgIpc) is 2.51. The Bertz CT molecular complexity index is 590. The van der Waals surface area contributed by atoms with E-state index in [0.29, 0.717) is 0 Å². The van der Waals surface area contributed by atoms with Crippen LogP contribution >= 0.6 is 15.9 Å². The normalized spacial score (nSPS) is 12.9. The van der Waals surface area contributed by atoms with Crippen molar-refractivity contribution in [2.24, 2.45) is 0 Å². The van der Waals surface area contributed by atoms with Gasteiger partial charge in [-0.3, -0.25) is 4.79 Å². The van der Waals surface area contributed by atoms with Crippen LogP contribution in [0.15, 0.2) is 28.7 Å². The molecule has 1 N–H and O–H groups in total. The molecule has 0 saturated heterocycles. The molecular weight excluding hydrogens is 366 g/mol. The van der Waals surface area contributed by atoms with Crippen molar-refractivity contribution in [2.45, 2.75) is 39.3 Å². The Morgan fingerprint density at radius 1 is 1.13 bits per heavy atom. The van der Waals surface area contributed by atoms with E-state index in [4.69, 9.17) is 9.47 Å². The quantitative estimate of drug-likeness (QED) is 0.575. The van der Waals surface area contributed by atoms with Crippen molar-refractivity contribution >= 4 is 33.8 Å². The van der Waals surface area contributed by atoms with Gasteiger partial charge in [-0.2, -0.15) is 0 Å². The van der Waals surface area contributed by atoms with Gasteiger partial charge >= 0.3 is 11.9 Å². The highest BCUT2D eigenvalue weighted by atomic mass is 79.9. The van der Waals surface area contributed by atoms with Crippen LogP contribution in [0.4, 0.5) is 0 Å². The van der Waals surface area contributed by atoms with E-state index in [-0.39, 0.29) is 19.6 Å². The molecule has 1 aromatic rings. The summed E-state index contributed by atoms with van der Waals surface area (Å²) in [6.07, 6.45) is 0.0280. The standard InChI is InChI=1S/C16H20BrNO5/c1-4-16(18-11(3)19,14(20)22-5-2)15(21)23-10-12-8-6-7-9-13(12)17/h6-9H,4-5,10H2,1-3H3,(H,18,19). The molecule has 0 spiro atoms. The molecule has 0 saturated carbocycles. The number of nitrogens with one attached hydrogen (secondary N) is 1. The van der Waals surface area contributed by atoms with E-state index in [1.165, 1.54) is 6.92 Å². The van der Waals surface area contributed by atoms with Gasteiger partial charge in [0, 0.05) is 17.0 Å². The third kappa shape index (κ3) is 4.79. The summed E-state index contributed by atoms with van der Waals surface area (Å²) in [6, 6.07) is 7.24. The van der Waals surface area contributed by atoms with Crippen molar-refractivity contribution in [3.05, 3.63) is 34.3 Å². The van der Waals surface area contributed by atoms with Gasteiger partial charge in [0.25, 0.3) is 0 Å². The highest BCUT2D eigenvalue weighted by Gasteiger charge is 2.48. The Kier molecular flexibility index (Phi) is 7.22. The lowest BCUT2D eigenvalue weighted by molar-refractivity contribution is -0.169. The maximum Gasteiger partial charge on any atom is 0.344 e. The summed E-state index contributed by atoms with van der Waals surface area (Å²) in [6.45, 7) is 4.52. The van der Waals surface area contributed by atoms with Crippen LogP contribution in [-0.2, 0) is 30.5 Å². The molecule has 1 amide bonds. The van der Waals surface area contributed by atoms with Gasteiger partial charge in [0.15, 0.2) is 0 Å². The number of benzene rings is 1. The van der Waals surface area contributed by atoms with Crippen LogP contribution in [0.2, 0.25) is 0 Å².